The second kappa shape index (κ2) is 6.45. The largest absolute Gasteiger partial charge is 0.330 e. The lowest BCUT2D eigenvalue weighted by Crippen LogP contribution is -2.13. The normalized spacial score (nSPS) is 10.5. The SMILES string of the molecule is Cc1cc(F)c(NC(=O)c2ccc(CCN)cc2)cc1F. The molecule has 0 heterocycles. The van der Waals surface area contributed by atoms with Crippen LogP contribution in [-0.2, 0) is 6.42 Å². The van der Waals surface area contributed by atoms with E-state index in [1.807, 2.05) is 0 Å². The summed E-state index contributed by atoms with van der Waals surface area (Å²) in [6.07, 6.45) is 0.722. The number of rotatable bonds is 4. The summed E-state index contributed by atoms with van der Waals surface area (Å²) in [7, 11) is 0. The number of anilines is 1. The number of carbonyl (C=O) groups excluding carboxylic acids is 1. The molecule has 0 unspecified atom stereocenters. The van der Waals surface area contributed by atoms with Crippen molar-refractivity contribution in [3.63, 3.8) is 0 Å². The summed E-state index contributed by atoms with van der Waals surface area (Å²) >= 11 is 0. The number of amides is 1. The molecular weight excluding hydrogens is 274 g/mol. The van der Waals surface area contributed by atoms with E-state index in [4.69, 9.17) is 5.73 Å². The third kappa shape index (κ3) is 3.64. The molecule has 0 aromatic heterocycles. The lowest BCUT2D eigenvalue weighted by atomic mass is 10.1. The van der Waals surface area contributed by atoms with Gasteiger partial charge < -0.3 is 11.1 Å². The molecule has 21 heavy (non-hydrogen) atoms. The van der Waals surface area contributed by atoms with Crippen molar-refractivity contribution >= 4 is 11.6 Å². The summed E-state index contributed by atoms with van der Waals surface area (Å²) in [5, 5.41) is 2.37. The number of aryl methyl sites for hydroxylation is 1. The molecule has 2 rings (SSSR count). The van der Waals surface area contributed by atoms with Gasteiger partial charge in [-0.1, -0.05) is 12.1 Å². The van der Waals surface area contributed by atoms with Crippen molar-refractivity contribution < 1.29 is 13.6 Å². The lowest BCUT2D eigenvalue weighted by Gasteiger charge is -2.08. The Balaban J connectivity index is 2.16. The van der Waals surface area contributed by atoms with Crippen LogP contribution in [-0.4, -0.2) is 12.5 Å². The highest BCUT2D eigenvalue weighted by Crippen LogP contribution is 2.19. The van der Waals surface area contributed by atoms with Gasteiger partial charge >= 0.3 is 0 Å². The van der Waals surface area contributed by atoms with Crippen molar-refractivity contribution in [2.24, 2.45) is 5.73 Å². The highest BCUT2D eigenvalue weighted by molar-refractivity contribution is 6.04. The topological polar surface area (TPSA) is 55.1 Å². The second-order valence-electron chi connectivity index (χ2n) is 4.77. The van der Waals surface area contributed by atoms with Gasteiger partial charge in [0, 0.05) is 11.6 Å². The number of hydrogen-bond donors (Lipinski definition) is 2. The number of halogens is 2. The van der Waals surface area contributed by atoms with Crippen LogP contribution in [0.25, 0.3) is 0 Å². The van der Waals surface area contributed by atoms with Gasteiger partial charge in [0.15, 0.2) is 0 Å². The van der Waals surface area contributed by atoms with E-state index in [2.05, 4.69) is 5.32 Å². The van der Waals surface area contributed by atoms with Gasteiger partial charge in [-0.05, 0) is 49.2 Å². The molecule has 0 saturated carbocycles. The van der Waals surface area contributed by atoms with E-state index in [1.165, 1.54) is 6.92 Å². The van der Waals surface area contributed by atoms with Gasteiger partial charge in [-0.25, -0.2) is 8.78 Å². The maximum Gasteiger partial charge on any atom is 0.255 e. The van der Waals surface area contributed by atoms with E-state index in [0.29, 0.717) is 12.1 Å². The molecule has 0 radical (unpaired) electrons. The van der Waals surface area contributed by atoms with Crippen LogP contribution in [0.5, 0.6) is 0 Å². The first-order chi connectivity index (χ1) is 10.0. The molecule has 2 aromatic carbocycles. The van der Waals surface area contributed by atoms with E-state index >= 15 is 0 Å². The van der Waals surface area contributed by atoms with Crippen LogP contribution in [0.2, 0.25) is 0 Å². The van der Waals surface area contributed by atoms with Crippen LogP contribution in [0.3, 0.4) is 0 Å². The van der Waals surface area contributed by atoms with Crippen molar-refractivity contribution in [2.75, 3.05) is 11.9 Å². The molecule has 0 atom stereocenters. The second-order valence-corrected chi connectivity index (χ2v) is 4.77. The lowest BCUT2D eigenvalue weighted by molar-refractivity contribution is 0.102. The first-order valence-electron chi connectivity index (χ1n) is 6.57. The molecule has 3 nitrogen and oxygen atoms in total. The molecular formula is C16H16F2N2O. The fraction of sp³-hybridized carbons (Fsp3) is 0.188. The molecule has 0 bridgehead atoms. The zero-order valence-corrected chi connectivity index (χ0v) is 11.6. The fourth-order valence-corrected chi connectivity index (χ4v) is 1.93. The fourth-order valence-electron chi connectivity index (χ4n) is 1.93. The molecule has 0 saturated heterocycles. The van der Waals surface area contributed by atoms with Crippen molar-refractivity contribution in [1.29, 1.82) is 0 Å². The van der Waals surface area contributed by atoms with Crippen molar-refractivity contribution in [3.8, 4) is 0 Å². The maximum absolute atomic E-state index is 13.7. The van der Waals surface area contributed by atoms with Gasteiger partial charge in [0.05, 0.1) is 5.69 Å². The van der Waals surface area contributed by atoms with Crippen molar-refractivity contribution in [2.45, 2.75) is 13.3 Å². The quantitative estimate of drug-likeness (QED) is 0.909. The summed E-state index contributed by atoms with van der Waals surface area (Å²) in [5.74, 6) is -1.72. The van der Waals surface area contributed by atoms with Crippen LogP contribution >= 0.6 is 0 Å². The Hall–Kier alpha value is -2.27. The molecule has 5 heteroatoms. The van der Waals surface area contributed by atoms with Crippen LogP contribution in [0, 0.1) is 18.6 Å². The van der Waals surface area contributed by atoms with E-state index < -0.39 is 17.5 Å². The summed E-state index contributed by atoms with van der Waals surface area (Å²) in [6.45, 7) is 1.99. The minimum atomic E-state index is -0.665. The summed E-state index contributed by atoms with van der Waals surface area (Å²) in [5.41, 5.74) is 6.85. The number of benzene rings is 2. The van der Waals surface area contributed by atoms with Crippen LogP contribution in [0.15, 0.2) is 36.4 Å². The van der Waals surface area contributed by atoms with E-state index in [9.17, 15) is 13.6 Å². The van der Waals surface area contributed by atoms with E-state index in [0.717, 1.165) is 24.1 Å². The Labute approximate surface area is 121 Å². The average molecular weight is 290 g/mol. The van der Waals surface area contributed by atoms with Gasteiger partial charge in [0.25, 0.3) is 5.91 Å². The molecule has 3 N–H and O–H groups in total. The van der Waals surface area contributed by atoms with Gasteiger partial charge in [0.1, 0.15) is 11.6 Å². The van der Waals surface area contributed by atoms with Crippen molar-refractivity contribution in [3.05, 3.63) is 64.7 Å². The maximum atomic E-state index is 13.7. The number of carbonyl (C=O) groups is 1. The Morgan fingerprint density at radius 2 is 1.81 bits per heavy atom. The van der Waals surface area contributed by atoms with E-state index in [-0.39, 0.29) is 11.3 Å². The Kier molecular flexibility index (Phi) is 4.65. The Bertz CT molecular complexity index is 654. The smallest absolute Gasteiger partial charge is 0.255 e. The molecule has 2 aromatic rings. The minimum Gasteiger partial charge on any atom is -0.330 e. The van der Waals surface area contributed by atoms with Crippen LogP contribution in [0.1, 0.15) is 21.5 Å². The molecule has 0 spiro atoms. The zero-order chi connectivity index (χ0) is 15.4. The predicted octanol–water partition coefficient (Wildman–Crippen LogP) is 3.03. The van der Waals surface area contributed by atoms with Gasteiger partial charge in [0.2, 0.25) is 0 Å². The number of nitrogens with one attached hydrogen (secondary N) is 1. The Morgan fingerprint density at radius 3 is 2.43 bits per heavy atom. The Morgan fingerprint density at radius 1 is 1.14 bits per heavy atom. The molecule has 0 aliphatic heterocycles. The van der Waals surface area contributed by atoms with Gasteiger partial charge in [-0.3, -0.25) is 4.79 Å². The zero-order valence-electron chi connectivity index (χ0n) is 11.6. The van der Waals surface area contributed by atoms with Crippen LogP contribution in [0.4, 0.5) is 14.5 Å². The predicted molar refractivity (Wildman–Crippen MR) is 78.2 cm³/mol. The van der Waals surface area contributed by atoms with E-state index in [1.54, 1.807) is 24.3 Å². The molecule has 110 valence electrons. The molecule has 0 fully saturated rings. The molecule has 1 amide bonds. The molecule has 0 aliphatic rings. The van der Waals surface area contributed by atoms with Gasteiger partial charge in [-0.15, -0.1) is 0 Å². The third-order valence-electron chi connectivity index (χ3n) is 3.15. The highest BCUT2D eigenvalue weighted by atomic mass is 19.1. The minimum absolute atomic E-state index is 0.172. The average Bonchev–Trinajstić information content (AvgIpc) is 2.46. The number of hydrogen-bond acceptors (Lipinski definition) is 2. The third-order valence-corrected chi connectivity index (χ3v) is 3.15. The first-order valence-corrected chi connectivity index (χ1v) is 6.57. The molecule has 0 aliphatic carbocycles. The monoisotopic (exact) mass is 290 g/mol. The summed E-state index contributed by atoms with van der Waals surface area (Å²) in [6, 6.07) is 8.86. The highest BCUT2D eigenvalue weighted by Gasteiger charge is 2.12. The number of nitrogens with two attached hydrogens (primary N) is 1. The van der Waals surface area contributed by atoms with Crippen molar-refractivity contribution in [1.82, 2.24) is 0 Å². The first kappa shape index (κ1) is 15.1. The van der Waals surface area contributed by atoms with Gasteiger partial charge in [-0.2, -0.15) is 0 Å². The standard InChI is InChI=1S/C16H16F2N2O/c1-10-8-14(18)15(9-13(10)17)20-16(21)12-4-2-11(3-5-12)6-7-19/h2-5,8-9H,6-7,19H2,1H3,(H,20,21). The summed E-state index contributed by atoms with van der Waals surface area (Å²) < 4.78 is 27.1. The van der Waals surface area contributed by atoms with Crippen LogP contribution < -0.4 is 11.1 Å². The summed E-state index contributed by atoms with van der Waals surface area (Å²) in [4.78, 5) is 12.0.